The van der Waals surface area contributed by atoms with Crippen LogP contribution in [0.25, 0.3) is 10.9 Å². The van der Waals surface area contributed by atoms with Gasteiger partial charge in [-0.3, -0.25) is 4.79 Å². The Bertz CT molecular complexity index is 882. The summed E-state index contributed by atoms with van der Waals surface area (Å²) in [5.41, 5.74) is 5.09. The monoisotopic (exact) mass is 335 g/mol. The Morgan fingerprint density at radius 3 is 2.68 bits per heavy atom. The first kappa shape index (κ1) is 17.1. The molecule has 0 aliphatic heterocycles. The number of aromatic nitrogens is 1. The topological polar surface area (TPSA) is 48.1 Å². The maximum Gasteiger partial charge on any atom is 0.253 e. The van der Waals surface area contributed by atoms with Crippen LogP contribution in [0.1, 0.15) is 28.5 Å². The third-order valence-corrected chi connectivity index (χ3v) is 4.54. The van der Waals surface area contributed by atoms with Gasteiger partial charge in [0.05, 0.1) is 5.56 Å². The molecule has 0 saturated carbocycles. The Hall–Kier alpha value is -2.75. The van der Waals surface area contributed by atoms with Crippen LogP contribution in [-0.4, -0.2) is 30.5 Å². The summed E-state index contributed by atoms with van der Waals surface area (Å²) in [6.45, 7) is 8.48. The summed E-state index contributed by atoms with van der Waals surface area (Å²) >= 11 is 0. The van der Waals surface area contributed by atoms with Crippen molar-refractivity contribution in [3.63, 3.8) is 0 Å². The second-order valence-corrected chi connectivity index (χ2v) is 6.35. The second kappa shape index (κ2) is 7.43. The summed E-state index contributed by atoms with van der Waals surface area (Å²) in [5.74, 6) is -0.0183. The Balaban J connectivity index is 1.66. The van der Waals surface area contributed by atoms with Crippen molar-refractivity contribution < 1.29 is 4.79 Å². The molecule has 2 N–H and O–H groups in total. The van der Waals surface area contributed by atoms with Gasteiger partial charge in [0.25, 0.3) is 5.91 Å². The van der Waals surface area contributed by atoms with E-state index in [-0.39, 0.29) is 5.91 Å². The van der Waals surface area contributed by atoms with Gasteiger partial charge in [0.15, 0.2) is 0 Å². The van der Waals surface area contributed by atoms with Crippen LogP contribution in [0.15, 0.2) is 48.5 Å². The molecule has 1 heterocycles. The van der Waals surface area contributed by atoms with Crippen LogP contribution < -0.4 is 10.2 Å². The number of hydrogen-bond acceptors (Lipinski definition) is 2. The first-order chi connectivity index (χ1) is 12.1. The van der Waals surface area contributed by atoms with Crippen molar-refractivity contribution in [3.05, 3.63) is 65.4 Å². The lowest BCUT2D eigenvalue weighted by Crippen LogP contribution is -2.35. The van der Waals surface area contributed by atoms with Crippen LogP contribution in [0.3, 0.4) is 0 Å². The molecule has 3 aromatic rings. The summed E-state index contributed by atoms with van der Waals surface area (Å²) in [5, 5.41) is 4.04. The minimum absolute atomic E-state index is 0.0183. The molecule has 130 valence electrons. The molecule has 0 radical (unpaired) electrons. The Morgan fingerprint density at radius 1 is 1.12 bits per heavy atom. The zero-order valence-electron chi connectivity index (χ0n) is 15.1. The number of H-pyrrole nitrogens is 1. The number of likely N-dealkylation sites (N-methyl/N-ethyl adjacent to an activating group) is 1. The summed E-state index contributed by atoms with van der Waals surface area (Å²) in [4.78, 5) is 18.2. The quantitative estimate of drug-likeness (QED) is 0.714. The number of carbonyl (C=O) groups is 1. The van der Waals surface area contributed by atoms with Gasteiger partial charge in [-0.25, -0.2) is 0 Å². The molecule has 1 aromatic heterocycles. The predicted molar refractivity (Wildman–Crippen MR) is 104 cm³/mol. The fourth-order valence-electron chi connectivity index (χ4n) is 3.26. The van der Waals surface area contributed by atoms with Crippen molar-refractivity contribution in [2.45, 2.75) is 20.8 Å². The summed E-state index contributed by atoms with van der Waals surface area (Å²) in [6, 6.07) is 16.4. The van der Waals surface area contributed by atoms with Gasteiger partial charge in [-0.1, -0.05) is 30.3 Å². The molecule has 0 bridgehead atoms. The number of amides is 1. The lowest BCUT2D eigenvalue weighted by molar-refractivity contribution is 0.0955. The number of para-hydroxylation sites is 1. The van der Waals surface area contributed by atoms with Gasteiger partial charge in [0.1, 0.15) is 0 Å². The van der Waals surface area contributed by atoms with Crippen LogP contribution in [0.4, 0.5) is 5.69 Å². The van der Waals surface area contributed by atoms with E-state index in [9.17, 15) is 4.79 Å². The molecular weight excluding hydrogens is 310 g/mol. The minimum Gasteiger partial charge on any atom is -0.370 e. The van der Waals surface area contributed by atoms with E-state index in [0.29, 0.717) is 6.54 Å². The summed E-state index contributed by atoms with van der Waals surface area (Å²) < 4.78 is 0. The van der Waals surface area contributed by atoms with Crippen LogP contribution in [-0.2, 0) is 0 Å². The number of carbonyl (C=O) groups excluding carboxylic acids is 1. The van der Waals surface area contributed by atoms with Gasteiger partial charge in [0, 0.05) is 41.9 Å². The number of rotatable bonds is 6. The van der Waals surface area contributed by atoms with E-state index in [0.717, 1.165) is 35.2 Å². The summed E-state index contributed by atoms with van der Waals surface area (Å²) in [7, 11) is 0. The van der Waals surface area contributed by atoms with E-state index < -0.39 is 0 Å². The molecule has 0 fully saturated rings. The Labute approximate surface area is 148 Å². The molecule has 0 aliphatic rings. The first-order valence-electron chi connectivity index (χ1n) is 8.77. The van der Waals surface area contributed by atoms with Gasteiger partial charge >= 0.3 is 0 Å². The standard InChI is InChI=1S/C21H25N3O/c1-4-24(17-9-7-8-15(2)14-17)13-12-22-21(25)20-16(3)23-19-11-6-5-10-18(19)20/h5-11,14,23H,4,12-13H2,1-3H3,(H,22,25). The van der Waals surface area contributed by atoms with Crippen molar-refractivity contribution in [1.29, 1.82) is 0 Å². The van der Waals surface area contributed by atoms with E-state index in [2.05, 4.69) is 53.3 Å². The molecule has 0 unspecified atom stereocenters. The minimum atomic E-state index is -0.0183. The molecule has 4 nitrogen and oxygen atoms in total. The van der Waals surface area contributed by atoms with E-state index >= 15 is 0 Å². The number of aryl methyl sites for hydroxylation is 2. The Morgan fingerprint density at radius 2 is 1.92 bits per heavy atom. The first-order valence-corrected chi connectivity index (χ1v) is 8.77. The number of nitrogens with zero attached hydrogens (tertiary/aromatic N) is 1. The van der Waals surface area contributed by atoms with Crippen molar-refractivity contribution in [1.82, 2.24) is 10.3 Å². The van der Waals surface area contributed by atoms with Crippen molar-refractivity contribution in [3.8, 4) is 0 Å². The zero-order chi connectivity index (χ0) is 17.8. The molecule has 1 amide bonds. The van der Waals surface area contributed by atoms with Gasteiger partial charge in [0.2, 0.25) is 0 Å². The maximum atomic E-state index is 12.7. The molecule has 0 aliphatic carbocycles. The molecular formula is C21H25N3O. The molecule has 4 heteroatoms. The molecule has 3 rings (SSSR count). The normalized spacial score (nSPS) is 10.8. The highest BCUT2D eigenvalue weighted by atomic mass is 16.1. The number of hydrogen-bond donors (Lipinski definition) is 2. The van der Waals surface area contributed by atoms with Gasteiger partial charge in [-0.05, 0) is 44.5 Å². The van der Waals surface area contributed by atoms with E-state index in [1.54, 1.807) is 0 Å². The average molecular weight is 335 g/mol. The van der Waals surface area contributed by atoms with E-state index in [1.807, 2.05) is 31.2 Å². The van der Waals surface area contributed by atoms with Gasteiger partial charge in [-0.2, -0.15) is 0 Å². The van der Waals surface area contributed by atoms with Crippen LogP contribution >= 0.6 is 0 Å². The van der Waals surface area contributed by atoms with Crippen LogP contribution in [0, 0.1) is 13.8 Å². The number of aromatic amines is 1. The van der Waals surface area contributed by atoms with Crippen molar-refractivity contribution in [2.24, 2.45) is 0 Å². The van der Waals surface area contributed by atoms with E-state index in [1.165, 1.54) is 11.3 Å². The Kier molecular flexibility index (Phi) is 5.08. The average Bonchev–Trinajstić information content (AvgIpc) is 2.94. The molecule has 0 spiro atoms. The maximum absolute atomic E-state index is 12.7. The lowest BCUT2D eigenvalue weighted by Gasteiger charge is -2.23. The lowest BCUT2D eigenvalue weighted by atomic mass is 10.1. The van der Waals surface area contributed by atoms with Gasteiger partial charge < -0.3 is 15.2 Å². The molecule has 0 atom stereocenters. The van der Waals surface area contributed by atoms with Gasteiger partial charge in [-0.15, -0.1) is 0 Å². The van der Waals surface area contributed by atoms with Crippen molar-refractivity contribution in [2.75, 3.05) is 24.5 Å². The molecule has 0 saturated heterocycles. The predicted octanol–water partition coefficient (Wildman–Crippen LogP) is 4.04. The van der Waals surface area contributed by atoms with Crippen molar-refractivity contribution >= 4 is 22.5 Å². The third-order valence-electron chi connectivity index (χ3n) is 4.54. The van der Waals surface area contributed by atoms with Crippen LogP contribution in [0.2, 0.25) is 0 Å². The van der Waals surface area contributed by atoms with E-state index in [4.69, 9.17) is 0 Å². The number of fused-ring (bicyclic) bond motifs is 1. The SMILES string of the molecule is CCN(CCNC(=O)c1c(C)[nH]c2ccccc12)c1cccc(C)c1. The number of nitrogens with one attached hydrogen (secondary N) is 2. The molecule has 2 aromatic carbocycles. The number of anilines is 1. The fraction of sp³-hybridized carbons (Fsp3) is 0.286. The highest BCUT2D eigenvalue weighted by Crippen LogP contribution is 2.21. The van der Waals surface area contributed by atoms with Crippen LogP contribution in [0.5, 0.6) is 0 Å². The molecule has 25 heavy (non-hydrogen) atoms. The smallest absolute Gasteiger partial charge is 0.253 e. The zero-order valence-corrected chi connectivity index (χ0v) is 15.1. The summed E-state index contributed by atoms with van der Waals surface area (Å²) in [6.07, 6.45) is 0. The third kappa shape index (κ3) is 3.68. The second-order valence-electron chi connectivity index (χ2n) is 6.35. The highest BCUT2D eigenvalue weighted by molar-refractivity contribution is 6.08. The highest BCUT2D eigenvalue weighted by Gasteiger charge is 2.15. The fourth-order valence-corrected chi connectivity index (χ4v) is 3.26. The number of benzene rings is 2. The largest absolute Gasteiger partial charge is 0.370 e.